The van der Waals surface area contributed by atoms with Gasteiger partial charge in [-0.3, -0.25) is 9.78 Å². The number of fused-ring (bicyclic) bond motifs is 1. The van der Waals surface area contributed by atoms with Gasteiger partial charge in [-0.1, -0.05) is 25.1 Å². The largest absolute Gasteiger partial charge is 0.369 e. The van der Waals surface area contributed by atoms with Gasteiger partial charge >= 0.3 is 0 Å². The van der Waals surface area contributed by atoms with E-state index in [1.807, 2.05) is 0 Å². The van der Waals surface area contributed by atoms with Gasteiger partial charge in [0.05, 0.1) is 5.52 Å². The molecule has 1 aromatic carbocycles. The summed E-state index contributed by atoms with van der Waals surface area (Å²) < 4.78 is 0. The van der Waals surface area contributed by atoms with Crippen LogP contribution in [0.2, 0.25) is 0 Å². The minimum absolute atomic E-state index is 0.324. The van der Waals surface area contributed by atoms with Gasteiger partial charge in [-0.05, 0) is 37.8 Å². The Hall–Kier alpha value is -2.10. The minimum atomic E-state index is 0.324. The van der Waals surface area contributed by atoms with Crippen molar-refractivity contribution in [3.8, 4) is 0 Å². The highest BCUT2D eigenvalue weighted by molar-refractivity contribution is 5.92. The molecule has 1 aliphatic carbocycles. The molecule has 4 heteroatoms. The first kappa shape index (κ1) is 15.4. The Bertz CT molecular complexity index is 754. The van der Waals surface area contributed by atoms with Gasteiger partial charge in [-0.25, -0.2) is 0 Å². The number of benzene rings is 1. The maximum Gasteiger partial charge on any atom is 0.225 e. The number of para-hydroxylation sites is 1. The molecule has 1 amide bonds. The fourth-order valence-electron chi connectivity index (χ4n) is 3.62. The summed E-state index contributed by atoms with van der Waals surface area (Å²) in [5.41, 5.74) is 3.49. The molecule has 2 aliphatic rings. The number of hydrogen-bond acceptors (Lipinski definition) is 3. The fraction of sp³-hybridized carbons (Fsp3) is 0.500. The van der Waals surface area contributed by atoms with E-state index in [2.05, 4.69) is 47.1 Å². The Morgan fingerprint density at radius 2 is 2.00 bits per heavy atom. The van der Waals surface area contributed by atoms with Crippen molar-refractivity contribution < 1.29 is 4.79 Å². The van der Waals surface area contributed by atoms with Crippen LogP contribution in [0.1, 0.15) is 31.9 Å². The monoisotopic (exact) mass is 323 g/mol. The molecule has 0 N–H and O–H groups in total. The third kappa shape index (κ3) is 2.97. The molecule has 2 heterocycles. The first-order valence-electron chi connectivity index (χ1n) is 9.18. The summed E-state index contributed by atoms with van der Waals surface area (Å²) in [4.78, 5) is 21.7. The standard InChI is InChI=1S/C20H25N3O/c1-2-16-14-19(17-6-3-4-7-18(17)21-16)22-10-5-11-23(13-12-22)20(24)15-8-9-15/h3-4,6-7,14-15H,2,5,8-13H2,1H3. The molecular formula is C20H25N3O. The van der Waals surface area contributed by atoms with Crippen LogP contribution in [-0.2, 0) is 11.2 Å². The van der Waals surface area contributed by atoms with Crippen molar-refractivity contribution in [3.63, 3.8) is 0 Å². The van der Waals surface area contributed by atoms with E-state index in [0.29, 0.717) is 11.8 Å². The van der Waals surface area contributed by atoms with Gasteiger partial charge in [0.15, 0.2) is 0 Å². The van der Waals surface area contributed by atoms with Gasteiger partial charge < -0.3 is 9.80 Å². The third-order valence-corrected chi connectivity index (χ3v) is 5.18. The molecule has 4 rings (SSSR count). The first-order chi connectivity index (χ1) is 11.8. The van der Waals surface area contributed by atoms with Gasteiger partial charge in [-0.15, -0.1) is 0 Å². The Balaban J connectivity index is 1.61. The summed E-state index contributed by atoms with van der Waals surface area (Å²) in [5, 5.41) is 1.22. The molecule has 2 fully saturated rings. The van der Waals surface area contributed by atoms with E-state index >= 15 is 0 Å². The average molecular weight is 323 g/mol. The molecule has 0 bridgehead atoms. The number of rotatable bonds is 3. The summed E-state index contributed by atoms with van der Waals surface area (Å²) in [6, 6.07) is 10.6. The summed E-state index contributed by atoms with van der Waals surface area (Å²) in [5.74, 6) is 0.704. The highest BCUT2D eigenvalue weighted by Crippen LogP contribution is 2.32. The Kier molecular flexibility index (Phi) is 4.13. The van der Waals surface area contributed by atoms with E-state index in [1.165, 1.54) is 11.1 Å². The van der Waals surface area contributed by atoms with Gasteiger partial charge in [0.25, 0.3) is 0 Å². The number of amides is 1. The SMILES string of the molecule is CCc1cc(N2CCCN(C(=O)C3CC3)CC2)c2ccccc2n1. The number of pyridine rings is 1. The maximum absolute atomic E-state index is 12.4. The summed E-state index contributed by atoms with van der Waals surface area (Å²) in [6.07, 6.45) is 4.16. The second kappa shape index (κ2) is 6.42. The number of carbonyl (C=O) groups excluding carboxylic acids is 1. The van der Waals surface area contributed by atoms with E-state index in [1.54, 1.807) is 0 Å². The zero-order chi connectivity index (χ0) is 16.5. The molecule has 126 valence electrons. The Morgan fingerprint density at radius 1 is 1.17 bits per heavy atom. The Morgan fingerprint density at radius 3 is 2.79 bits per heavy atom. The van der Waals surface area contributed by atoms with Crippen LogP contribution < -0.4 is 4.90 Å². The van der Waals surface area contributed by atoms with Crippen molar-refractivity contribution in [2.75, 3.05) is 31.1 Å². The second-order valence-electron chi connectivity index (χ2n) is 6.94. The van der Waals surface area contributed by atoms with Crippen molar-refractivity contribution in [2.45, 2.75) is 32.6 Å². The van der Waals surface area contributed by atoms with E-state index in [0.717, 1.165) is 63.1 Å². The molecule has 1 saturated heterocycles. The lowest BCUT2D eigenvalue weighted by Crippen LogP contribution is -2.36. The minimum Gasteiger partial charge on any atom is -0.369 e. The number of hydrogen-bond donors (Lipinski definition) is 0. The van der Waals surface area contributed by atoms with Crippen LogP contribution in [0.15, 0.2) is 30.3 Å². The number of nitrogens with zero attached hydrogens (tertiary/aromatic N) is 3. The maximum atomic E-state index is 12.4. The van der Waals surface area contributed by atoms with Crippen molar-refractivity contribution >= 4 is 22.5 Å². The normalized spacial score (nSPS) is 18.7. The predicted octanol–water partition coefficient (Wildman–Crippen LogP) is 3.25. The van der Waals surface area contributed by atoms with Crippen LogP contribution in [0.25, 0.3) is 10.9 Å². The molecule has 1 saturated carbocycles. The quantitative estimate of drug-likeness (QED) is 0.870. The van der Waals surface area contributed by atoms with Gasteiger partial charge in [0.2, 0.25) is 5.91 Å². The summed E-state index contributed by atoms with van der Waals surface area (Å²) in [7, 11) is 0. The molecular weight excluding hydrogens is 298 g/mol. The van der Waals surface area contributed by atoms with Gasteiger partial charge in [0, 0.05) is 48.9 Å². The van der Waals surface area contributed by atoms with E-state index in [4.69, 9.17) is 4.98 Å². The third-order valence-electron chi connectivity index (χ3n) is 5.18. The average Bonchev–Trinajstić information content (AvgIpc) is 3.46. The van der Waals surface area contributed by atoms with Gasteiger partial charge in [-0.2, -0.15) is 0 Å². The number of anilines is 1. The van der Waals surface area contributed by atoms with E-state index < -0.39 is 0 Å². The number of aryl methyl sites for hydroxylation is 1. The molecule has 2 aromatic rings. The molecule has 24 heavy (non-hydrogen) atoms. The fourth-order valence-corrected chi connectivity index (χ4v) is 3.62. The van der Waals surface area contributed by atoms with Gasteiger partial charge in [0.1, 0.15) is 0 Å². The zero-order valence-electron chi connectivity index (χ0n) is 14.4. The highest BCUT2D eigenvalue weighted by Gasteiger charge is 2.34. The predicted molar refractivity (Wildman–Crippen MR) is 97.3 cm³/mol. The van der Waals surface area contributed by atoms with Crippen LogP contribution in [0.5, 0.6) is 0 Å². The molecule has 0 radical (unpaired) electrons. The van der Waals surface area contributed by atoms with Crippen molar-refractivity contribution in [1.29, 1.82) is 0 Å². The van der Waals surface area contributed by atoms with Crippen molar-refractivity contribution in [2.24, 2.45) is 5.92 Å². The number of carbonyl (C=O) groups is 1. The van der Waals surface area contributed by atoms with Crippen LogP contribution in [0.3, 0.4) is 0 Å². The van der Waals surface area contributed by atoms with Crippen molar-refractivity contribution in [1.82, 2.24) is 9.88 Å². The highest BCUT2D eigenvalue weighted by atomic mass is 16.2. The lowest BCUT2D eigenvalue weighted by molar-refractivity contribution is -0.132. The Labute approximate surface area is 143 Å². The smallest absolute Gasteiger partial charge is 0.225 e. The van der Waals surface area contributed by atoms with Crippen LogP contribution in [-0.4, -0.2) is 42.0 Å². The molecule has 4 nitrogen and oxygen atoms in total. The van der Waals surface area contributed by atoms with Crippen LogP contribution >= 0.6 is 0 Å². The molecule has 1 aromatic heterocycles. The number of aromatic nitrogens is 1. The van der Waals surface area contributed by atoms with Crippen LogP contribution in [0, 0.1) is 5.92 Å². The first-order valence-corrected chi connectivity index (χ1v) is 9.18. The molecule has 0 unspecified atom stereocenters. The second-order valence-corrected chi connectivity index (χ2v) is 6.94. The van der Waals surface area contributed by atoms with Crippen LogP contribution in [0.4, 0.5) is 5.69 Å². The lowest BCUT2D eigenvalue weighted by atomic mass is 10.1. The van der Waals surface area contributed by atoms with E-state index in [9.17, 15) is 4.79 Å². The van der Waals surface area contributed by atoms with E-state index in [-0.39, 0.29) is 0 Å². The topological polar surface area (TPSA) is 36.4 Å². The zero-order valence-corrected chi connectivity index (χ0v) is 14.4. The lowest BCUT2D eigenvalue weighted by Gasteiger charge is -2.25. The molecule has 0 atom stereocenters. The summed E-state index contributed by atoms with van der Waals surface area (Å²) >= 11 is 0. The summed E-state index contributed by atoms with van der Waals surface area (Å²) in [6.45, 7) is 5.81. The molecule has 1 aliphatic heterocycles. The molecule has 0 spiro atoms. The van der Waals surface area contributed by atoms with Crippen molar-refractivity contribution in [3.05, 3.63) is 36.0 Å².